The van der Waals surface area contributed by atoms with Gasteiger partial charge in [0.15, 0.2) is 0 Å². The standard InChI is InChI=1S/C14H24N4O2S/c1-3-17-10-13(9-15-17)21(19,20)18-7-4-5-14(12-18)6-8-16(2)11-14/h9-10H,3-8,11-12H2,1-2H3/t14-/m1/s1. The van der Waals surface area contributed by atoms with Crippen molar-refractivity contribution in [2.45, 2.75) is 37.6 Å². The van der Waals surface area contributed by atoms with Crippen LogP contribution in [0.4, 0.5) is 0 Å². The lowest BCUT2D eigenvalue weighted by atomic mass is 9.80. The van der Waals surface area contributed by atoms with Gasteiger partial charge in [-0.3, -0.25) is 4.68 Å². The Bertz CT molecular complexity index is 608. The second-order valence-electron chi connectivity index (χ2n) is 6.46. The van der Waals surface area contributed by atoms with Gasteiger partial charge in [-0.1, -0.05) is 0 Å². The summed E-state index contributed by atoms with van der Waals surface area (Å²) < 4.78 is 28.9. The van der Waals surface area contributed by atoms with Gasteiger partial charge in [-0.15, -0.1) is 0 Å². The fraction of sp³-hybridized carbons (Fsp3) is 0.786. The van der Waals surface area contributed by atoms with Crippen LogP contribution in [0.3, 0.4) is 0 Å². The van der Waals surface area contributed by atoms with E-state index in [0.29, 0.717) is 24.5 Å². The fourth-order valence-corrected chi connectivity index (χ4v) is 5.21. The summed E-state index contributed by atoms with van der Waals surface area (Å²) in [5.41, 5.74) is 0.154. The van der Waals surface area contributed by atoms with Crippen LogP contribution in [0.2, 0.25) is 0 Å². The smallest absolute Gasteiger partial charge is 0.246 e. The van der Waals surface area contributed by atoms with Crippen molar-refractivity contribution in [3.8, 4) is 0 Å². The van der Waals surface area contributed by atoms with E-state index in [1.807, 2.05) is 6.92 Å². The molecule has 2 aliphatic rings. The first-order chi connectivity index (χ1) is 9.95. The average molecular weight is 312 g/mol. The van der Waals surface area contributed by atoms with E-state index in [1.54, 1.807) is 15.2 Å². The molecular weight excluding hydrogens is 288 g/mol. The molecule has 2 aliphatic heterocycles. The fourth-order valence-electron chi connectivity index (χ4n) is 3.66. The summed E-state index contributed by atoms with van der Waals surface area (Å²) in [6, 6.07) is 0. The molecule has 21 heavy (non-hydrogen) atoms. The molecule has 1 aromatic heterocycles. The van der Waals surface area contributed by atoms with E-state index in [1.165, 1.54) is 6.20 Å². The number of piperidine rings is 1. The van der Waals surface area contributed by atoms with Crippen LogP contribution in [0.5, 0.6) is 0 Å². The molecule has 118 valence electrons. The number of aryl methyl sites for hydroxylation is 1. The van der Waals surface area contributed by atoms with Gasteiger partial charge in [0.2, 0.25) is 10.0 Å². The molecular formula is C14H24N4O2S. The van der Waals surface area contributed by atoms with Gasteiger partial charge < -0.3 is 4.90 Å². The number of hydrogen-bond donors (Lipinski definition) is 0. The van der Waals surface area contributed by atoms with Crippen LogP contribution < -0.4 is 0 Å². The Balaban J connectivity index is 1.82. The molecule has 0 aromatic carbocycles. The Morgan fingerprint density at radius 3 is 2.71 bits per heavy atom. The van der Waals surface area contributed by atoms with Crippen molar-refractivity contribution in [1.82, 2.24) is 19.0 Å². The minimum absolute atomic E-state index is 0.154. The maximum atomic E-state index is 12.8. The van der Waals surface area contributed by atoms with Crippen molar-refractivity contribution in [3.05, 3.63) is 12.4 Å². The molecule has 6 nitrogen and oxygen atoms in total. The third-order valence-electron chi connectivity index (χ3n) is 4.83. The summed E-state index contributed by atoms with van der Waals surface area (Å²) >= 11 is 0. The highest BCUT2D eigenvalue weighted by atomic mass is 32.2. The lowest BCUT2D eigenvalue weighted by molar-refractivity contribution is 0.153. The van der Waals surface area contributed by atoms with Gasteiger partial charge in [-0.05, 0) is 45.2 Å². The molecule has 0 N–H and O–H groups in total. The van der Waals surface area contributed by atoms with Crippen LogP contribution >= 0.6 is 0 Å². The average Bonchev–Trinajstić information content (AvgIpc) is 3.07. The lowest BCUT2D eigenvalue weighted by Gasteiger charge is -2.39. The Kier molecular flexibility index (Phi) is 3.83. The largest absolute Gasteiger partial charge is 0.306 e. The van der Waals surface area contributed by atoms with E-state index in [9.17, 15) is 8.42 Å². The van der Waals surface area contributed by atoms with E-state index < -0.39 is 10.0 Å². The van der Waals surface area contributed by atoms with E-state index in [4.69, 9.17) is 0 Å². The summed E-state index contributed by atoms with van der Waals surface area (Å²) in [5, 5.41) is 4.10. The molecule has 7 heteroatoms. The molecule has 3 rings (SSSR count). The second-order valence-corrected chi connectivity index (χ2v) is 8.40. The molecule has 1 aromatic rings. The van der Waals surface area contributed by atoms with E-state index in [2.05, 4.69) is 17.0 Å². The normalized spacial score (nSPS) is 28.5. The molecule has 1 atom stereocenters. The Labute approximate surface area is 126 Å². The quantitative estimate of drug-likeness (QED) is 0.836. The maximum Gasteiger partial charge on any atom is 0.246 e. The highest BCUT2D eigenvalue weighted by Crippen LogP contribution is 2.39. The molecule has 0 aliphatic carbocycles. The summed E-state index contributed by atoms with van der Waals surface area (Å²) in [4.78, 5) is 2.64. The van der Waals surface area contributed by atoms with Crippen LogP contribution in [0.15, 0.2) is 17.3 Å². The van der Waals surface area contributed by atoms with Crippen molar-refractivity contribution in [2.24, 2.45) is 5.41 Å². The van der Waals surface area contributed by atoms with Gasteiger partial charge >= 0.3 is 0 Å². The number of aromatic nitrogens is 2. The van der Waals surface area contributed by atoms with E-state index >= 15 is 0 Å². The first-order valence-electron chi connectivity index (χ1n) is 7.66. The topological polar surface area (TPSA) is 58.4 Å². The van der Waals surface area contributed by atoms with Crippen LogP contribution in [0.1, 0.15) is 26.2 Å². The Hall–Kier alpha value is -0.920. The zero-order valence-corrected chi connectivity index (χ0v) is 13.6. The van der Waals surface area contributed by atoms with Crippen molar-refractivity contribution < 1.29 is 8.42 Å². The Morgan fingerprint density at radius 2 is 2.10 bits per heavy atom. The molecule has 3 heterocycles. The number of rotatable bonds is 3. The third-order valence-corrected chi connectivity index (χ3v) is 6.62. The Morgan fingerprint density at radius 1 is 1.29 bits per heavy atom. The summed E-state index contributed by atoms with van der Waals surface area (Å²) in [5.74, 6) is 0. The number of sulfonamides is 1. The molecule has 0 saturated carbocycles. The molecule has 1 spiro atoms. The molecule has 0 amide bonds. The van der Waals surface area contributed by atoms with Crippen LogP contribution in [0, 0.1) is 5.41 Å². The van der Waals surface area contributed by atoms with Gasteiger partial charge in [0, 0.05) is 32.4 Å². The zero-order chi connectivity index (χ0) is 15.1. The van der Waals surface area contributed by atoms with Crippen LogP contribution in [-0.2, 0) is 16.6 Å². The number of nitrogens with zero attached hydrogens (tertiary/aromatic N) is 4. The van der Waals surface area contributed by atoms with Gasteiger partial charge in [0.05, 0.1) is 6.20 Å². The second kappa shape index (κ2) is 5.37. The third kappa shape index (κ3) is 2.74. The first-order valence-corrected chi connectivity index (χ1v) is 9.10. The predicted octanol–water partition coefficient (Wildman–Crippen LogP) is 1.01. The highest BCUT2D eigenvalue weighted by molar-refractivity contribution is 7.89. The molecule has 0 unspecified atom stereocenters. The first kappa shape index (κ1) is 15.0. The van der Waals surface area contributed by atoms with Crippen LogP contribution in [-0.4, -0.2) is 60.6 Å². The van der Waals surface area contributed by atoms with Crippen molar-refractivity contribution >= 4 is 10.0 Å². The van der Waals surface area contributed by atoms with Crippen molar-refractivity contribution in [1.29, 1.82) is 0 Å². The van der Waals surface area contributed by atoms with Gasteiger partial charge in [0.1, 0.15) is 4.90 Å². The minimum atomic E-state index is -3.40. The highest BCUT2D eigenvalue weighted by Gasteiger charge is 2.43. The van der Waals surface area contributed by atoms with Crippen molar-refractivity contribution in [3.63, 3.8) is 0 Å². The minimum Gasteiger partial charge on any atom is -0.306 e. The van der Waals surface area contributed by atoms with Gasteiger partial charge in [0.25, 0.3) is 0 Å². The molecule has 0 bridgehead atoms. The molecule has 2 fully saturated rings. The zero-order valence-electron chi connectivity index (χ0n) is 12.8. The van der Waals surface area contributed by atoms with Gasteiger partial charge in [-0.2, -0.15) is 9.40 Å². The maximum absolute atomic E-state index is 12.8. The van der Waals surface area contributed by atoms with Crippen LogP contribution in [0.25, 0.3) is 0 Å². The summed E-state index contributed by atoms with van der Waals surface area (Å²) in [7, 11) is -1.28. The lowest BCUT2D eigenvalue weighted by Crippen LogP contribution is -2.47. The predicted molar refractivity (Wildman–Crippen MR) is 80.4 cm³/mol. The summed E-state index contributed by atoms with van der Waals surface area (Å²) in [6.45, 7) is 5.99. The number of likely N-dealkylation sites (tertiary alicyclic amines) is 1. The van der Waals surface area contributed by atoms with Gasteiger partial charge in [-0.25, -0.2) is 8.42 Å². The molecule has 0 radical (unpaired) electrons. The SMILES string of the molecule is CCn1cc(S(=O)(=O)N2CCC[C@]3(CCN(C)C3)C2)cn1. The summed E-state index contributed by atoms with van der Waals surface area (Å²) in [6.07, 6.45) is 6.30. The number of hydrogen-bond acceptors (Lipinski definition) is 4. The van der Waals surface area contributed by atoms with E-state index in [-0.39, 0.29) is 5.41 Å². The van der Waals surface area contributed by atoms with E-state index in [0.717, 1.165) is 32.4 Å². The van der Waals surface area contributed by atoms with Crippen molar-refractivity contribution in [2.75, 3.05) is 33.2 Å². The molecule has 2 saturated heterocycles. The monoisotopic (exact) mass is 312 g/mol.